The molecule has 2 aromatic carbocycles. The van der Waals surface area contributed by atoms with E-state index >= 15 is 0 Å². The minimum absolute atomic E-state index is 0.125. The smallest absolute Gasteiger partial charge is 0.337 e. The van der Waals surface area contributed by atoms with Crippen LogP contribution in [0.5, 0.6) is 11.5 Å². The SMILES string of the molecule is COC(=O)c1cccc(NC(=O)[C@H]2COc3ccccc3O2)c1. The van der Waals surface area contributed by atoms with Crippen LogP contribution in [0.4, 0.5) is 5.69 Å². The average molecular weight is 313 g/mol. The number of esters is 1. The van der Waals surface area contributed by atoms with Gasteiger partial charge < -0.3 is 19.5 Å². The molecular formula is C17H15NO5. The van der Waals surface area contributed by atoms with Crippen LogP contribution >= 0.6 is 0 Å². The summed E-state index contributed by atoms with van der Waals surface area (Å²) in [7, 11) is 1.30. The number of carbonyl (C=O) groups excluding carboxylic acids is 2. The van der Waals surface area contributed by atoms with Crippen LogP contribution in [0.2, 0.25) is 0 Å². The molecule has 6 heteroatoms. The van der Waals surface area contributed by atoms with E-state index in [1.807, 2.05) is 12.1 Å². The first-order chi connectivity index (χ1) is 11.2. The number of fused-ring (bicyclic) bond motifs is 1. The van der Waals surface area contributed by atoms with Crippen molar-refractivity contribution in [2.24, 2.45) is 0 Å². The molecule has 23 heavy (non-hydrogen) atoms. The van der Waals surface area contributed by atoms with Gasteiger partial charge in [0.2, 0.25) is 6.10 Å². The van der Waals surface area contributed by atoms with Gasteiger partial charge in [0.1, 0.15) is 6.61 Å². The zero-order chi connectivity index (χ0) is 16.2. The Bertz CT molecular complexity index is 743. The molecule has 0 aromatic heterocycles. The highest BCUT2D eigenvalue weighted by atomic mass is 16.6. The third-order valence-electron chi connectivity index (χ3n) is 3.35. The fraction of sp³-hybridized carbons (Fsp3) is 0.176. The van der Waals surface area contributed by atoms with E-state index in [0.717, 1.165) is 0 Å². The minimum Gasteiger partial charge on any atom is -0.485 e. The first-order valence-electron chi connectivity index (χ1n) is 7.05. The van der Waals surface area contributed by atoms with E-state index in [1.54, 1.807) is 36.4 Å². The summed E-state index contributed by atoms with van der Waals surface area (Å²) in [6, 6.07) is 13.7. The predicted octanol–water partition coefficient (Wildman–Crippen LogP) is 2.25. The van der Waals surface area contributed by atoms with Crippen molar-refractivity contribution in [3.05, 3.63) is 54.1 Å². The summed E-state index contributed by atoms with van der Waals surface area (Å²) >= 11 is 0. The number of rotatable bonds is 3. The Hall–Kier alpha value is -3.02. The van der Waals surface area contributed by atoms with Gasteiger partial charge >= 0.3 is 5.97 Å². The summed E-state index contributed by atoms with van der Waals surface area (Å²) in [5.74, 6) is 0.334. The molecule has 2 aromatic rings. The molecule has 1 atom stereocenters. The lowest BCUT2D eigenvalue weighted by Gasteiger charge is -2.25. The zero-order valence-electron chi connectivity index (χ0n) is 12.4. The summed E-state index contributed by atoms with van der Waals surface area (Å²) in [4.78, 5) is 23.8. The van der Waals surface area contributed by atoms with Crippen LogP contribution in [0, 0.1) is 0 Å². The number of methoxy groups -OCH3 is 1. The molecule has 0 bridgehead atoms. The zero-order valence-corrected chi connectivity index (χ0v) is 12.4. The number of amides is 1. The van der Waals surface area contributed by atoms with E-state index in [0.29, 0.717) is 22.7 Å². The van der Waals surface area contributed by atoms with Gasteiger partial charge in [0.25, 0.3) is 5.91 Å². The van der Waals surface area contributed by atoms with Gasteiger partial charge in [-0.15, -0.1) is 0 Å². The van der Waals surface area contributed by atoms with Crippen molar-refractivity contribution in [2.45, 2.75) is 6.10 Å². The molecule has 0 spiro atoms. The molecule has 0 saturated carbocycles. The summed E-state index contributed by atoms with van der Waals surface area (Å²) in [5, 5.41) is 2.71. The first-order valence-corrected chi connectivity index (χ1v) is 7.05. The summed E-state index contributed by atoms with van der Waals surface area (Å²) in [6.45, 7) is 0.125. The molecule has 0 saturated heterocycles. The van der Waals surface area contributed by atoms with Gasteiger partial charge in [-0.2, -0.15) is 0 Å². The van der Waals surface area contributed by atoms with Crippen LogP contribution < -0.4 is 14.8 Å². The number of hydrogen-bond acceptors (Lipinski definition) is 5. The lowest BCUT2D eigenvalue weighted by Crippen LogP contribution is -2.40. The monoisotopic (exact) mass is 313 g/mol. The Labute approximate surface area is 133 Å². The molecule has 6 nitrogen and oxygen atoms in total. The van der Waals surface area contributed by atoms with Gasteiger partial charge in [0.15, 0.2) is 11.5 Å². The molecule has 1 heterocycles. The van der Waals surface area contributed by atoms with E-state index in [9.17, 15) is 9.59 Å². The molecule has 1 aliphatic rings. The molecule has 0 unspecified atom stereocenters. The van der Waals surface area contributed by atoms with Crippen molar-refractivity contribution < 1.29 is 23.8 Å². The number of ether oxygens (including phenoxy) is 3. The Morgan fingerprint density at radius 1 is 1.13 bits per heavy atom. The number of benzene rings is 2. The molecule has 118 valence electrons. The van der Waals surface area contributed by atoms with Gasteiger partial charge in [-0.3, -0.25) is 4.79 Å². The van der Waals surface area contributed by atoms with Crippen molar-refractivity contribution in [2.75, 3.05) is 19.0 Å². The van der Waals surface area contributed by atoms with Crippen molar-refractivity contribution in [1.29, 1.82) is 0 Å². The molecule has 1 amide bonds. The normalized spacial score (nSPS) is 15.6. The number of anilines is 1. The number of carbonyl (C=O) groups is 2. The van der Waals surface area contributed by atoms with Gasteiger partial charge in [-0.1, -0.05) is 18.2 Å². The van der Waals surface area contributed by atoms with Crippen LogP contribution in [0.1, 0.15) is 10.4 Å². The van der Waals surface area contributed by atoms with E-state index in [-0.39, 0.29) is 12.5 Å². The summed E-state index contributed by atoms with van der Waals surface area (Å²) in [5.41, 5.74) is 0.844. The lowest BCUT2D eigenvalue weighted by atomic mass is 10.2. The van der Waals surface area contributed by atoms with Crippen molar-refractivity contribution in [3.8, 4) is 11.5 Å². The Morgan fingerprint density at radius 2 is 1.91 bits per heavy atom. The van der Waals surface area contributed by atoms with E-state index in [1.165, 1.54) is 7.11 Å². The third kappa shape index (κ3) is 3.26. The number of para-hydroxylation sites is 2. The number of hydrogen-bond donors (Lipinski definition) is 1. The highest BCUT2D eigenvalue weighted by Gasteiger charge is 2.27. The maximum absolute atomic E-state index is 12.3. The van der Waals surface area contributed by atoms with Crippen LogP contribution in [-0.4, -0.2) is 31.7 Å². The third-order valence-corrected chi connectivity index (χ3v) is 3.35. The molecule has 3 rings (SSSR count). The number of nitrogens with one attached hydrogen (secondary N) is 1. The van der Waals surface area contributed by atoms with Crippen molar-refractivity contribution in [1.82, 2.24) is 0 Å². The fourth-order valence-electron chi connectivity index (χ4n) is 2.21. The molecule has 1 N–H and O–H groups in total. The van der Waals surface area contributed by atoms with Gasteiger partial charge in [-0.05, 0) is 30.3 Å². The van der Waals surface area contributed by atoms with E-state index in [4.69, 9.17) is 9.47 Å². The average Bonchev–Trinajstić information content (AvgIpc) is 2.60. The first kappa shape index (κ1) is 14.9. The van der Waals surface area contributed by atoms with Gasteiger partial charge in [-0.25, -0.2) is 4.79 Å². The largest absolute Gasteiger partial charge is 0.485 e. The quantitative estimate of drug-likeness (QED) is 0.880. The van der Waals surface area contributed by atoms with E-state index < -0.39 is 12.1 Å². The molecule has 0 aliphatic carbocycles. The summed E-state index contributed by atoms with van der Waals surface area (Å²) < 4.78 is 15.8. The topological polar surface area (TPSA) is 73.9 Å². The predicted molar refractivity (Wildman–Crippen MR) is 82.8 cm³/mol. The highest BCUT2D eigenvalue weighted by Crippen LogP contribution is 2.31. The van der Waals surface area contributed by atoms with Crippen LogP contribution in [0.15, 0.2) is 48.5 Å². The van der Waals surface area contributed by atoms with Crippen LogP contribution in [0.25, 0.3) is 0 Å². The Balaban J connectivity index is 1.69. The molecule has 1 aliphatic heterocycles. The van der Waals surface area contributed by atoms with E-state index in [2.05, 4.69) is 10.1 Å². The maximum Gasteiger partial charge on any atom is 0.337 e. The maximum atomic E-state index is 12.3. The molecule has 0 fully saturated rings. The Morgan fingerprint density at radius 3 is 2.70 bits per heavy atom. The second kappa shape index (κ2) is 6.39. The standard InChI is InChI=1S/C17H15NO5/c1-21-17(20)11-5-4-6-12(9-11)18-16(19)15-10-22-13-7-2-3-8-14(13)23-15/h2-9,15H,10H2,1H3,(H,18,19)/t15-/m1/s1. The Kier molecular flexibility index (Phi) is 4.14. The molecule has 0 radical (unpaired) electrons. The fourth-order valence-corrected chi connectivity index (χ4v) is 2.21. The minimum atomic E-state index is -0.758. The second-order valence-electron chi connectivity index (χ2n) is 4.93. The second-order valence-corrected chi connectivity index (χ2v) is 4.93. The van der Waals surface area contributed by atoms with Gasteiger partial charge in [0.05, 0.1) is 12.7 Å². The highest BCUT2D eigenvalue weighted by molar-refractivity contribution is 5.96. The van der Waals surface area contributed by atoms with Gasteiger partial charge in [0, 0.05) is 5.69 Å². The summed E-state index contributed by atoms with van der Waals surface area (Å²) in [6.07, 6.45) is -0.758. The van der Waals surface area contributed by atoms with Crippen molar-refractivity contribution in [3.63, 3.8) is 0 Å². The van der Waals surface area contributed by atoms with Crippen LogP contribution in [0.3, 0.4) is 0 Å². The van der Waals surface area contributed by atoms with Crippen LogP contribution in [-0.2, 0) is 9.53 Å². The molecular weight excluding hydrogens is 298 g/mol. The van der Waals surface area contributed by atoms with Crippen molar-refractivity contribution >= 4 is 17.6 Å². The lowest BCUT2D eigenvalue weighted by molar-refractivity contribution is -0.125.